The molecule has 0 amide bonds. The van der Waals surface area contributed by atoms with Crippen molar-refractivity contribution in [3.63, 3.8) is 0 Å². The third-order valence-electron chi connectivity index (χ3n) is 3.99. The van der Waals surface area contributed by atoms with Gasteiger partial charge in [-0.2, -0.15) is 0 Å². The zero-order chi connectivity index (χ0) is 11.8. The van der Waals surface area contributed by atoms with E-state index in [0.717, 1.165) is 6.42 Å². The van der Waals surface area contributed by atoms with Crippen LogP contribution in [0.2, 0.25) is 0 Å². The van der Waals surface area contributed by atoms with Gasteiger partial charge in [0.25, 0.3) is 0 Å². The molecular weight excluding hydrogens is 204 g/mol. The van der Waals surface area contributed by atoms with E-state index in [-0.39, 0.29) is 0 Å². The normalized spacial score (nSPS) is 15.8. The van der Waals surface area contributed by atoms with Gasteiger partial charge in [0.1, 0.15) is 0 Å². The first-order valence-corrected chi connectivity index (χ1v) is 6.52. The van der Waals surface area contributed by atoms with Crippen molar-refractivity contribution in [2.24, 2.45) is 5.92 Å². The topological polar surface area (TPSA) is 0 Å². The molecule has 1 unspecified atom stereocenters. The third-order valence-corrected chi connectivity index (χ3v) is 3.99. The molecule has 0 heterocycles. The quantitative estimate of drug-likeness (QED) is 0.683. The smallest absolute Gasteiger partial charge is 0.00850 e. The minimum atomic E-state index is 0.669. The molecule has 2 aromatic carbocycles. The van der Waals surface area contributed by atoms with Gasteiger partial charge in [-0.25, -0.2) is 0 Å². The summed E-state index contributed by atoms with van der Waals surface area (Å²) in [7, 11) is 0. The van der Waals surface area contributed by atoms with Crippen molar-refractivity contribution in [1.82, 2.24) is 0 Å². The van der Waals surface area contributed by atoms with Crippen LogP contribution in [-0.4, -0.2) is 0 Å². The molecule has 0 bridgehead atoms. The van der Waals surface area contributed by atoms with Crippen molar-refractivity contribution in [3.05, 3.63) is 53.6 Å². The van der Waals surface area contributed by atoms with Crippen LogP contribution in [0.4, 0.5) is 0 Å². The van der Waals surface area contributed by atoms with Crippen LogP contribution in [0.1, 0.15) is 31.4 Å². The summed E-state index contributed by atoms with van der Waals surface area (Å²) in [6, 6.07) is 13.3. The molecule has 3 rings (SSSR count). The molecule has 0 nitrogen and oxygen atoms in total. The molecule has 0 saturated carbocycles. The van der Waals surface area contributed by atoms with E-state index in [4.69, 9.17) is 0 Å². The molecule has 0 heteroatoms. The maximum Gasteiger partial charge on any atom is -0.00850 e. The highest BCUT2D eigenvalue weighted by atomic mass is 14.2. The number of benzene rings is 2. The van der Waals surface area contributed by atoms with Crippen molar-refractivity contribution < 1.29 is 0 Å². The van der Waals surface area contributed by atoms with Crippen LogP contribution in [0.3, 0.4) is 0 Å². The Morgan fingerprint density at radius 1 is 1.12 bits per heavy atom. The van der Waals surface area contributed by atoms with Crippen LogP contribution in [0.25, 0.3) is 16.3 Å². The Bertz CT molecular complexity index is 590. The summed E-state index contributed by atoms with van der Waals surface area (Å²) in [6.45, 7) is 4.61. The average Bonchev–Trinajstić information content (AvgIpc) is 2.82. The van der Waals surface area contributed by atoms with Crippen LogP contribution in [0, 0.1) is 5.92 Å². The summed E-state index contributed by atoms with van der Waals surface area (Å²) in [5.74, 6) is 0.669. The van der Waals surface area contributed by atoms with Gasteiger partial charge in [-0.15, -0.1) is 0 Å². The summed E-state index contributed by atoms with van der Waals surface area (Å²) in [5, 5.41) is 2.79. The van der Waals surface area contributed by atoms with Gasteiger partial charge in [-0.05, 0) is 46.2 Å². The molecule has 0 saturated heterocycles. The van der Waals surface area contributed by atoms with E-state index in [1.54, 1.807) is 5.57 Å². The van der Waals surface area contributed by atoms with Crippen molar-refractivity contribution >= 4 is 16.3 Å². The van der Waals surface area contributed by atoms with Crippen molar-refractivity contribution in [1.29, 1.82) is 0 Å². The Balaban J connectivity index is 2.25. The van der Waals surface area contributed by atoms with Crippen LogP contribution in [0.15, 0.2) is 42.5 Å². The average molecular weight is 222 g/mol. The lowest BCUT2D eigenvalue weighted by atomic mass is 9.90. The molecule has 0 aromatic heterocycles. The summed E-state index contributed by atoms with van der Waals surface area (Å²) in [4.78, 5) is 0. The van der Waals surface area contributed by atoms with E-state index in [2.05, 4.69) is 56.3 Å². The van der Waals surface area contributed by atoms with Crippen molar-refractivity contribution in [2.75, 3.05) is 0 Å². The minimum absolute atomic E-state index is 0.669. The van der Waals surface area contributed by atoms with Gasteiger partial charge >= 0.3 is 0 Å². The molecule has 86 valence electrons. The van der Waals surface area contributed by atoms with Crippen molar-refractivity contribution in [2.45, 2.75) is 26.7 Å². The molecule has 0 radical (unpaired) electrons. The summed E-state index contributed by atoms with van der Waals surface area (Å²) < 4.78 is 0. The highest BCUT2D eigenvalue weighted by Gasteiger charge is 2.20. The zero-order valence-electron chi connectivity index (χ0n) is 10.5. The fraction of sp³-hybridized carbons (Fsp3) is 0.294. The first kappa shape index (κ1) is 10.6. The molecular formula is C17H18. The summed E-state index contributed by atoms with van der Waals surface area (Å²) in [5.41, 5.74) is 4.57. The van der Waals surface area contributed by atoms with Crippen LogP contribution >= 0.6 is 0 Å². The second kappa shape index (κ2) is 4.03. The monoisotopic (exact) mass is 222 g/mol. The maximum atomic E-state index is 2.42. The molecule has 1 aliphatic rings. The molecule has 0 spiro atoms. The van der Waals surface area contributed by atoms with Gasteiger partial charge in [-0.1, -0.05) is 56.3 Å². The molecule has 1 aliphatic carbocycles. The predicted octanol–water partition coefficient (Wildman–Crippen LogP) is 4.83. The Kier molecular flexibility index (Phi) is 2.51. The summed E-state index contributed by atoms with van der Waals surface area (Å²) in [6.07, 6.45) is 4.75. The van der Waals surface area contributed by atoms with E-state index in [1.165, 1.54) is 28.3 Å². The minimum Gasteiger partial charge on any atom is -0.0760 e. The van der Waals surface area contributed by atoms with Gasteiger partial charge in [0.05, 0.1) is 0 Å². The Morgan fingerprint density at radius 2 is 1.94 bits per heavy atom. The van der Waals surface area contributed by atoms with E-state index in [1.807, 2.05) is 0 Å². The standard InChI is InChI=1S/C17H18/c1-3-12(2)15-11-10-14-9-8-13-6-4-5-7-16(13)17(14)15/h4-9,11-12H,3,10H2,1-2H3. The maximum absolute atomic E-state index is 2.42. The number of rotatable bonds is 2. The number of hydrogen-bond acceptors (Lipinski definition) is 0. The molecule has 2 aromatic rings. The Labute approximate surface area is 103 Å². The number of fused-ring (bicyclic) bond motifs is 3. The predicted molar refractivity (Wildman–Crippen MR) is 75.1 cm³/mol. The largest absolute Gasteiger partial charge is 0.0760 e. The highest BCUT2D eigenvalue weighted by Crippen LogP contribution is 2.38. The summed E-state index contributed by atoms with van der Waals surface area (Å²) >= 11 is 0. The van der Waals surface area contributed by atoms with Gasteiger partial charge in [0.15, 0.2) is 0 Å². The van der Waals surface area contributed by atoms with E-state index < -0.39 is 0 Å². The molecule has 1 atom stereocenters. The fourth-order valence-corrected chi connectivity index (χ4v) is 2.82. The van der Waals surface area contributed by atoms with Gasteiger partial charge < -0.3 is 0 Å². The lowest BCUT2D eigenvalue weighted by Crippen LogP contribution is -1.96. The molecule has 0 aliphatic heterocycles. The second-order valence-electron chi connectivity index (χ2n) is 4.99. The van der Waals surface area contributed by atoms with Crippen LogP contribution in [-0.2, 0) is 6.42 Å². The zero-order valence-corrected chi connectivity index (χ0v) is 10.5. The van der Waals surface area contributed by atoms with Crippen LogP contribution < -0.4 is 0 Å². The Morgan fingerprint density at radius 3 is 2.76 bits per heavy atom. The van der Waals surface area contributed by atoms with Gasteiger partial charge in [-0.3, -0.25) is 0 Å². The number of hydrogen-bond donors (Lipinski definition) is 0. The number of allylic oxidation sites excluding steroid dienone is 2. The van der Waals surface area contributed by atoms with Gasteiger partial charge in [0, 0.05) is 0 Å². The van der Waals surface area contributed by atoms with Crippen molar-refractivity contribution in [3.8, 4) is 0 Å². The van der Waals surface area contributed by atoms with E-state index >= 15 is 0 Å². The first-order chi connectivity index (χ1) is 8.31. The molecule has 17 heavy (non-hydrogen) atoms. The van der Waals surface area contributed by atoms with Crippen LogP contribution in [0.5, 0.6) is 0 Å². The first-order valence-electron chi connectivity index (χ1n) is 6.52. The molecule has 0 fully saturated rings. The van der Waals surface area contributed by atoms with Gasteiger partial charge in [0.2, 0.25) is 0 Å². The third kappa shape index (κ3) is 1.59. The second-order valence-corrected chi connectivity index (χ2v) is 4.99. The van der Waals surface area contributed by atoms with E-state index in [0.29, 0.717) is 5.92 Å². The Hall–Kier alpha value is -1.56. The highest BCUT2D eigenvalue weighted by molar-refractivity contribution is 5.97. The lowest BCUT2D eigenvalue weighted by molar-refractivity contribution is 0.719. The van der Waals surface area contributed by atoms with E-state index in [9.17, 15) is 0 Å². The fourth-order valence-electron chi connectivity index (χ4n) is 2.82. The SMILES string of the molecule is CCC(C)C1=CCc2ccc3ccccc3c21. The lowest BCUT2D eigenvalue weighted by Gasteiger charge is -2.15. The molecule has 0 N–H and O–H groups in total.